The molecule has 0 aliphatic carbocycles. The Bertz CT molecular complexity index is 527. The molecule has 6 nitrogen and oxygen atoms in total. The van der Waals surface area contributed by atoms with Crippen molar-refractivity contribution < 1.29 is 23.8 Å². The van der Waals surface area contributed by atoms with Crippen molar-refractivity contribution in [3.05, 3.63) is 35.1 Å². The molecule has 0 bridgehead atoms. The van der Waals surface area contributed by atoms with Gasteiger partial charge in [-0.25, -0.2) is 4.39 Å². The summed E-state index contributed by atoms with van der Waals surface area (Å²) in [6, 6.07) is 4.18. The average Bonchev–Trinajstić information content (AvgIpc) is 2.96. The minimum atomic E-state index is -0.451. The lowest BCUT2D eigenvalue weighted by atomic mass is 10.1. The number of ether oxygens (including phenoxy) is 2. The van der Waals surface area contributed by atoms with Gasteiger partial charge in [-0.1, -0.05) is 0 Å². The molecule has 2 rings (SSSR count). The molecule has 1 aliphatic rings. The van der Waals surface area contributed by atoms with Gasteiger partial charge >= 0.3 is 0 Å². The molecule has 1 fully saturated rings. The fraction of sp³-hybridized carbons (Fsp3) is 0.562. The van der Waals surface area contributed by atoms with E-state index in [2.05, 4.69) is 10.6 Å². The van der Waals surface area contributed by atoms with E-state index in [1.165, 1.54) is 18.2 Å². The van der Waals surface area contributed by atoms with Crippen LogP contribution in [-0.2, 0) is 16.1 Å². The molecular weight excluding hydrogens is 303 g/mol. The van der Waals surface area contributed by atoms with Crippen molar-refractivity contribution in [2.75, 3.05) is 40.0 Å². The largest absolute Gasteiger partial charge is 0.391 e. The highest BCUT2D eigenvalue weighted by Crippen LogP contribution is 2.13. The monoisotopic (exact) mass is 326 g/mol. The van der Waals surface area contributed by atoms with Gasteiger partial charge in [-0.2, -0.15) is 0 Å². The predicted octanol–water partition coefficient (Wildman–Crippen LogP) is 0.299. The second-order valence-electron chi connectivity index (χ2n) is 5.55. The fourth-order valence-electron chi connectivity index (χ4n) is 2.40. The van der Waals surface area contributed by atoms with Gasteiger partial charge in [-0.05, 0) is 18.2 Å². The summed E-state index contributed by atoms with van der Waals surface area (Å²) in [5, 5.41) is 15.5. The second-order valence-corrected chi connectivity index (χ2v) is 5.55. The van der Waals surface area contributed by atoms with Gasteiger partial charge in [-0.3, -0.25) is 4.79 Å². The molecule has 0 aromatic heterocycles. The number of halogens is 1. The number of hydrogen-bond donors (Lipinski definition) is 3. The Balaban J connectivity index is 1.89. The van der Waals surface area contributed by atoms with Gasteiger partial charge in [0, 0.05) is 43.8 Å². The Labute approximate surface area is 135 Å². The topological polar surface area (TPSA) is 79.8 Å². The van der Waals surface area contributed by atoms with Crippen molar-refractivity contribution in [1.29, 1.82) is 0 Å². The van der Waals surface area contributed by atoms with Crippen LogP contribution in [0.25, 0.3) is 0 Å². The van der Waals surface area contributed by atoms with Gasteiger partial charge in [0.1, 0.15) is 5.82 Å². The van der Waals surface area contributed by atoms with E-state index in [0.717, 1.165) is 0 Å². The minimum Gasteiger partial charge on any atom is -0.391 e. The molecule has 1 aliphatic heterocycles. The summed E-state index contributed by atoms with van der Waals surface area (Å²) >= 11 is 0. The van der Waals surface area contributed by atoms with Crippen LogP contribution in [-0.4, -0.2) is 57.1 Å². The maximum Gasteiger partial charge on any atom is 0.251 e. The molecular formula is C16H23FN2O4. The summed E-state index contributed by atoms with van der Waals surface area (Å²) in [5.41, 5.74) is 0.702. The fourth-order valence-corrected chi connectivity index (χ4v) is 2.40. The molecule has 7 heteroatoms. The van der Waals surface area contributed by atoms with Crippen molar-refractivity contribution in [3.8, 4) is 0 Å². The molecule has 1 saturated heterocycles. The molecule has 1 aromatic rings. The summed E-state index contributed by atoms with van der Waals surface area (Å²) in [6.07, 6.45) is -0.451. The number of rotatable bonds is 8. The molecule has 3 N–H and O–H groups in total. The van der Waals surface area contributed by atoms with E-state index in [0.29, 0.717) is 44.0 Å². The molecule has 0 spiro atoms. The predicted molar refractivity (Wildman–Crippen MR) is 82.6 cm³/mol. The van der Waals surface area contributed by atoms with Crippen molar-refractivity contribution in [2.45, 2.75) is 12.7 Å². The van der Waals surface area contributed by atoms with Crippen LogP contribution in [0.1, 0.15) is 15.9 Å². The van der Waals surface area contributed by atoms with Crippen LogP contribution < -0.4 is 10.6 Å². The van der Waals surface area contributed by atoms with Crippen LogP contribution in [0.5, 0.6) is 0 Å². The standard InChI is InChI=1S/C16H23FN2O4/c1-22-4-5-23-10-12-6-11(2-3-14(12)17)16(21)19-8-13-7-18-9-15(13)20/h2-3,6,13,15,18,20H,4-5,7-10H2,1H3,(H,19,21). The summed E-state index contributed by atoms with van der Waals surface area (Å²) < 4.78 is 23.9. The quantitative estimate of drug-likeness (QED) is 0.599. The van der Waals surface area contributed by atoms with Crippen LogP contribution in [0.4, 0.5) is 4.39 Å². The van der Waals surface area contributed by atoms with Crippen molar-refractivity contribution in [2.24, 2.45) is 5.92 Å². The molecule has 2 unspecified atom stereocenters. The van der Waals surface area contributed by atoms with Crippen LogP contribution in [0, 0.1) is 11.7 Å². The molecule has 1 amide bonds. The van der Waals surface area contributed by atoms with Crippen molar-refractivity contribution in [1.82, 2.24) is 10.6 Å². The van der Waals surface area contributed by atoms with Crippen molar-refractivity contribution >= 4 is 5.91 Å². The number of methoxy groups -OCH3 is 1. The SMILES string of the molecule is COCCOCc1cc(C(=O)NCC2CNCC2O)ccc1F. The zero-order valence-electron chi connectivity index (χ0n) is 13.2. The molecule has 1 heterocycles. The highest BCUT2D eigenvalue weighted by Gasteiger charge is 2.25. The highest BCUT2D eigenvalue weighted by atomic mass is 19.1. The third-order valence-electron chi connectivity index (χ3n) is 3.83. The number of amides is 1. The van der Waals surface area contributed by atoms with E-state index >= 15 is 0 Å². The Hall–Kier alpha value is -1.54. The number of hydrogen-bond acceptors (Lipinski definition) is 5. The normalized spacial score (nSPS) is 20.7. The minimum absolute atomic E-state index is 0.00348. The Kier molecular flexibility index (Phi) is 6.91. The van der Waals surface area contributed by atoms with E-state index in [4.69, 9.17) is 9.47 Å². The lowest BCUT2D eigenvalue weighted by molar-refractivity contribution is 0.0603. The molecule has 128 valence electrons. The maximum absolute atomic E-state index is 13.7. The number of aliphatic hydroxyl groups excluding tert-OH is 1. The Morgan fingerprint density at radius 3 is 2.96 bits per heavy atom. The van der Waals surface area contributed by atoms with Gasteiger partial charge in [0.2, 0.25) is 0 Å². The molecule has 0 radical (unpaired) electrons. The lowest BCUT2D eigenvalue weighted by Gasteiger charge is -2.14. The van der Waals surface area contributed by atoms with E-state index in [-0.39, 0.29) is 18.4 Å². The number of aliphatic hydroxyl groups is 1. The molecule has 1 aromatic carbocycles. The third-order valence-corrected chi connectivity index (χ3v) is 3.83. The van der Waals surface area contributed by atoms with Gasteiger partial charge < -0.3 is 25.2 Å². The second kappa shape index (κ2) is 8.93. The number of β-amino-alcohol motifs (C(OH)–C–C–N with tert-alkyl or cyclic N) is 1. The lowest BCUT2D eigenvalue weighted by Crippen LogP contribution is -2.34. The highest BCUT2D eigenvalue weighted by molar-refractivity contribution is 5.94. The average molecular weight is 326 g/mol. The zero-order chi connectivity index (χ0) is 16.7. The first kappa shape index (κ1) is 17.8. The number of carbonyl (C=O) groups is 1. The van der Waals surface area contributed by atoms with Crippen molar-refractivity contribution in [3.63, 3.8) is 0 Å². The van der Waals surface area contributed by atoms with E-state index in [1.54, 1.807) is 7.11 Å². The van der Waals surface area contributed by atoms with Crippen LogP contribution in [0.3, 0.4) is 0 Å². The van der Waals surface area contributed by atoms with Crippen LogP contribution in [0.2, 0.25) is 0 Å². The first-order valence-electron chi connectivity index (χ1n) is 7.64. The van der Waals surface area contributed by atoms with Gasteiger partial charge in [0.15, 0.2) is 0 Å². The first-order valence-corrected chi connectivity index (χ1v) is 7.64. The Morgan fingerprint density at radius 1 is 1.43 bits per heavy atom. The smallest absolute Gasteiger partial charge is 0.251 e. The summed E-state index contributed by atoms with van der Waals surface area (Å²) in [7, 11) is 1.56. The third kappa shape index (κ3) is 5.24. The maximum atomic E-state index is 13.7. The number of benzene rings is 1. The van der Waals surface area contributed by atoms with E-state index in [1.807, 2.05) is 0 Å². The van der Waals surface area contributed by atoms with Gasteiger partial charge in [-0.15, -0.1) is 0 Å². The van der Waals surface area contributed by atoms with E-state index in [9.17, 15) is 14.3 Å². The number of nitrogens with one attached hydrogen (secondary N) is 2. The molecule has 23 heavy (non-hydrogen) atoms. The van der Waals surface area contributed by atoms with Crippen LogP contribution >= 0.6 is 0 Å². The molecule has 0 saturated carbocycles. The Morgan fingerprint density at radius 2 is 2.26 bits per heavy atom. The number of carbonyl (C=O) groups excluding carboxylic acids is 1. The zero-order valence-corrected chi connectivity index (χ0v) is 13.2. The van der Waals surface area contributed by atoms with Gasteiger partial charge in [0.25, 0.3) is 5.91 Å². The van der Waals surface area contributed by atoms with Crippen LogP contribution in [0.15, 0.2) is 18.2 Å². The summed E-state index contributed by atoms with van der Waals surface area (Å²) in [5.74, 6) is -0.701. The molecule has 2 atom stereocenters. The van der Waals surface area contributed by atoms with E-state index < -0.39 is 11.9 Å². The summed E-state index contributed by atoms with van der Waals surface area (Å²) in [6.45, 7) is 2.47. The first-order chi connectivity index (χ1) is 11.1. The summed E-state index contributed by atoms with van der Waals surface area (Å²) in [4.78, 5) is 12.2. The van der Waals surface area contributed by atoms with Gasteiger partial charge in [0.05, 0.1) is 25.9 Å².